The van der Waals surface area contributed by atoms with E-state index in [1.807, 2.05) is 37.3 Å². The van der Waals surface area contributed by atoms with Crippen molar-refractivity contribution in [2.45, 2.75) is 6.92 Å². The van der Waals surface area contributed by atoms with Crippen molar-refractivity contribution < 1.29 is 4.92 Å². The third-order valence-electron chi connectivity index (χ3n) is 3.22. The number of rotatable bonds is 3. The number of hydrogen-bond acceptors (Lipinski definition) is 4. The SMILES string of the molecule is Cc1ccc2c([N+](=O)[O-])c(Nc3ccccc3)ccc2n1. The predicted molar refractivity (Wildman–Crippen MR) is 82.9 cm³/mol. The van der Waals surface area contributed by atoms with Crippen LogP contribution in [0.4, 0.5) is 17.1 Å². The zero-order valence-electron chi connectivity index (χ0n) is 11.4. The average Bonchev–Trinajstić information content (AvgIpc) is 2.48. The van der Waals surface area contributed by atoms with Gasteiger partial charge in [-0.15, -0.1) is 0 Å². The Morgan fingerprint density at radius 1 is 1.05 bits per heavy atom. The minimum atomic E-state index is -0.370. The first-order chi connectivity index (χ1) is 10.1. The highest BCUT2D eigenvalue weighted by atomic mass is 16.6. The number of nitrogens with zero attached hydrogens (tertiary/aromatic N) is 2. The van der Waals surface area contributed by atoms with Gasteiger partial charge in [0.25, 0.3) is 0 Å². The third kappa shape index (κ3) is 2.53. The Labute approximate surface area is 121 Å². The number of anilines is 2. The molecule has 0 atom stereocenters. The normalized spacial score (nSPS) is 10.5. The summed E-state index contributed by atoms with van der Waals surface area (Å²) in [5, 5.41) is 15.1. The molecule has 3 aromatic rings. The van der Waals surface area contributed by atoms with Gasteiger partial charge >= 0.3 is 5.69 Å². The summed E-state index contributed by atoms with van der Waals surface area (Å²) < 4.78 is 0. The summed E-state index contributed by atoms with van der Waals surface area (Å²) >= 11 is 0. The number of aryl methyl sites for hydroxylation is 1. The minimum absolute atomic E-state index is 0.0452. The fraction of sp³-hybridized carbons (Fsp3) is 0.0625. The number of fused-ring (bicyclic) bond motifs is 1. The number of para-hydroxylation sites is 1. The van der Waals surface area contributed by atoms with Gasteiger partial charge in [-0.3, -0.25) is 15.1 Å². The van der Waals surface area contributed by atoms with Crippen LogP contribution in [0.1, 0.15) is 5.69 Å². The molecule has 0 radical (unpaired) electrons. The van der Waals surface area contributed by atoms with Crippen LogP contribution in [0, 0.1) is 17.0 Å². The highest BCUT2D eigenvalue weighted by molar-refractivity contribution is 5.95. The van der Waals surface area contributed by atoms with Gasteiger partial charge in [0.15, 0.2) is 0 Å². The fourth-order valence-corrected chi connectivity index (χ4v) is 2.26. The van der Waals surface area contributed by atoms with Crippen molar-refractivity contribution in [2.24, 2.45) is 0 Å². The standard InChI is InChI=1S/C16H13N3O2/c1-11-7-8-13-14(17-11)9-10-15(16(13)19(20)21)18-12-5-3-2-4-6-12/h2-10,18H,1H3. The molecule has 0 amide bonds. The molecule has 0 aliphatic rings. The van der Waals surface area contributed by atoms with Crippen LogP contribution in [0.3, 0.4) is 0 Å². The molecule has 0 saturated carbocycles. The third-order valence-corrected chi connectivity index (χ3v) is 3.22. The smallest absolute Gasteiger partial charge is 0.301 e. The summed E-state index contributed by atoms with van der Waals surface area (Å²) in [6, 6.07) is 16.4. The Bertz CT molecular complexity index is 816. The van der Waals surface area contributed by atoms with Crippen LogP contribution in [0.25, 0.3) is 10.9 Å². The van der Waals surface area contributed by atoms with Gasteiger partial charge in [-0.05, 0) is 43.3 Å². The molecule has 0 spiro atoms. The van der Waals surface area contributed by atoms with E-state index in [0.29, 0.717) is 16.6 Å². The molecular weight excluding hydrogens is 266 g/mol. The van der Waals surface area contributed by atoms with E-state index in [4.69, 9.17) is 0 Å². The topological polar surface area (TPSA) is 68.1 Å². The molecule has 0 bridgehead atoms. The molecule has 1 heterocycles. The zero-order chi connectivity index (χ0) is 14.8. The maximum Gasteiger partial charge on any atom is 0.301 e. The number of nitro groups is 1. The summed E-state index contributed by atoms with van der Waals surface area (Å²) in [5.41, 5.74) is 2.77. The van der Waals surface area contributed by atoms with Crippen molar-refractivity contribution in [2.75, 3.05) is 5.32 Å². The Balaban J connectivity index is 2.16. The van der Waals surface area contributed by atoms with E-state index in [1.165, 1.54) is 0 Å². The molecule has 0 fully saturated rings. The minimum Gasteiger partial charge on any atom is -0.350 e. The second-order valence-corrected chi connectivity index (χ2v) is 4.73. The summed E-state index contributed by atoms with van der Waals surface area (Å²) in [5.74, 6) is 0. The number of nitro benzene ring substituents is 1. The Hall–Kier alpha value is -2.95. The van der Waals surface area contributed by atoms with E-state index in [9.17, 15) is 10.1 Å². The van der Waals surface area contributed by atoms with E-state index < -0.39 is 0 Å². The molecule has 1 N–H and O–H groups in total. The number of aromatic nitrogens is 1. The van der Waals surface area contributed by atoms with Crippen molar-refractivity contribution in [3.05, 3.63) is 70.4 Å². The second kappa shape index (κ2) is 5.20. The maximum absolute atomic E-state index is 11.4. The molecule has 0 saturated heterocycles. The van der Waals surface area contributed by atoms with Crippen LogP contribution in [0.15, 0.2) is 54.6 Å². The van der Waals surface area contributed by atoms with E-state index in [0.717, 1.165) is 11.4 Å². The molecule has 0 aliphatic carbocycles. The lowest BCUT2D eigenvalue weighted by Crippen LogP contribution is -1.99. The lowest BCUT2D eigenvalue weighted by molar-refractivity contribution is -0.382. The number of pyridine rings is 1. The quantitative estimate of drug-likeness (QED) is 0.576. The maximum atomic E-state index is 11.4. The summed E-state index contributed by atoms with van der Waals surface area (Å²) in [4.78, 5) is 15.4. The Morgan fingerprint density at radius 2 is 1.81 bits per heavy atom. The van der Waals surface area contributed by atoms with Crippen molar-refractivity contribution in [1.29, 1.82) is 0 Å². The monoisotopic (exact) mass is 279 g/mol. The molecule has 104 valence electrons. The van der Waals surface area contributed by atoms with Gasteiger partial charge in [-0.1, -0.05) is 18.2 Å². The molecule has 2 aromatic carbocycles. The second-order valence-electron chi connectivity index (χ2n) is 4.73. The van der Waals surface area contributed by atoms with Crippen LogP contribution < -0.4 is 5.32 Å². The van der Waals surface area contributed by atoms with Gasteiger partial charge in [-0.25, -0.2) is 0 Å². The number of nitrogens with one attached hydrogen (secondary N) is 1. The van der Waals surface area contributed by atoms with Crippen molar-refractivity contribution in [3.8, 4) is 0 Å². The van der Waals surface area contributed by atoms with E-state index in [2.05, 4.69) is 10.3 Å². The predicted octanol–water partition coefficient (Wildman–Crippen LogP) is 4.20. The van der Waals surface area contributed by atoms with Gasteiger partial charge in [0.05, 0.1) is 15.8 Å². The number of benzene rings is 2. The Morgan fingerprint density at radius 3 is 2.52 bits per heavy atom. The van der Waals surface area contributed by atoms with Crippen molar-refractivity contribution in [3.63, 3.8) is 0 Å². The molecule has 5 nitrogen and oxygen atoms in total. The molecule has 1 aromatic heterocycles. The summed E-state index contributed by atoms with van der Waals surface area (Å²) in [6.45, 7) is 1.86. The van der Waals surface area contributed by atoms with Gasteiger partial charge in [0.1, 0.15) is 5.69 Å². The molecular formula is C16H13N3O2. The van der Waals surface area contributed by atoms with Crippen LogP contribution in [-0.4, -0.2) is 9.91 Å². The molecule has 3 rings (SSSR count). The fourth-order valence-electron chi connectivity index (χ4n) is 2.26. The van der Waals surface area contributed by atoms with Gasteiger partial charge < -0.3 is 5.32 Å². The van der Waals surface area contributed by atoms with E-state index in [1.54, 1.807) is 24.3 Å². The highest BCUT2D eigenvalue weighted by Crippen LogP contribution is 2.34. The van der Waals surface area contributed by atoms with Crippen molar-refractivity contribution in [1.82, 2.24) is 4.98 Å². The largest absolute Gasteiger partial charge is 0.350 e. The summed E-state index contributed by atoms with van der Waals surface area (Å²) in [7, 11) is 0. The van der Waals surface area contributed by atoms with E-state index >= 15 is 0 Å². The van der Waals surface area contributed by atoms with Crippen molar-refractivity contribution >= 4 is 28.0 Å². The lowest BCUT2D eigenvalue weighted by atomic mass is 10.1. The van der Waals surface area contributed by atoms with Crippen LogP contribution >= 0.6 is 0 Å². The average molecular weight is 279 g/mol. The number of hydrogen-bond donors (Lipinski definition) is 1. The first-order valence-electron chi connectivity index (χ1n) is 6.52. The van der Waals surface area contributed by atoms with E-state index in [-0.39, 0.29) is 10.6 Å². The van der Waals surface area contributed by atoms with Crippen LogP contribution in [0.5, 0.6) is 0 Å². The molecule has 0 unspecified atom stereocenters. The zero-order valence-corrected chi connectivity index (χ0v) is 11.4. The first kappa shape index (κ1) is 13.1. The van der Waals surface area contributed by atoms with Gasteiger partial charge in [-0.2, -0.15) is 0 Å². The molecule has 5 heteroatoms. The van der Waals surface area contributed by atoms with Crippen LogP contribution in [0.2, 0.25) is 0 Å². The summed E-state index contributed by atoms with van der Waals surface area (Å²) in [6.07, 6.45) is 0. The first-order valence-corrected chi connectivity index (χ1v) is 6.52. The van der Waals surface area contributed by atoms with Gasteiger partial charge in [0, 0.05) is 11.4 Å². The lowest BCUT2D eigenvalue weighted by Gasteiger charge is -2.09. The Kier molecular flexibility index (Phi) is 3.23. The van der Waals surface area contributed by atoms with Crippen LogP contribution in [-0.2, 0) is 0 Å². The highest BCUT2D eigenvalue weighted by Gasteiger charge is 2.19. The molecule has 0 aliphatic heterocycles. The molecule has 21 heavy (non-hydrogen) atoms. The van der Waals surface area contributed by atoms with Gasteiger partial charge in [0.2, 0.25) is 0 Å².